The highest BCUT2D eigenvalue weighted by Gasteiger charge is 2.30. The van der Waals surface area contributed by atoms with Crippen LogP contribution in [0.4, 0.5) is 13.2 Å². The predicted octanol–water partition coefficient (Wildman–Crippen LogP) is 2.90. The van der Waals surface area contributed by atoms with Gasteiger partial charge >= 0.3 is 6.18 Å². The van der Waals surface area contributed by atoms with Gasteiger partial charge in [-0.05, 0) is 31.0 Å². The summed E-state index contributed by atoms with van der Waals surface area (Å²) in [5.41, 5.74) is -0.818. The highest BCUT2D eigenvalue weighted by Crippen LogP contribution is 2.31. The van der Waals surface area contributed by atoms with Gasteiger partial charge in [0.25, 0.3) is 11.6 Å². The number of aromatic nitrogens is 4. The summed E-state index contributed by atoms with van der Waals surface area (Å²) < 4.78 is 39.6. The number of benzene rings is 1. The van der Waals surface area contributed by atoms with Crippen molar-refractivity contribution in [2.45, 2.75) is 38.6 Å². The van der Waals surface area contributed by atoms with Gasteiger partial charge in [-0.25, -0.2) is 4.68 Å². The van der Waals surface area contributed by atoms with Gasteiger partial charge in [-0.3, -0.25) is 9.78 Å². The van der Waals surface area contributed by atoms with Crippen LogP contribution in [0, 0.1) is 0 Å². The number of fused-ring (bicyclic) bond motifs is 1. The molecule has 3 N–H and O–H groups in total. The third kappa shape index (κ3) is 3.39. The Labute approximate surface area is 151 Å². The second-order valence-corrected chi connectivity index (χ2v) is 6.14. The van der Waals surface area contributed by atoms with Crippen LogP contribution in [-0.2, 0) is 6.18 Å². The number of halogens is 3. The molecule has 0 aliphatic carbocycles. The van der Waals surface area contributed by atoms with E-state index >= 15 is 0 Å². The number of nitrogens with zero attached hydrogens (tertiary/aromatic N) is 3. The van der Waals surface area contributed by atoms with Crippen molar-refractivity contribution < 1.29 is 23.4 Å². The monoisotopic (exact) mass is 382 g/mol. The molecule has 0 aliphatic rings. The number of aliphatic hydroxyl groups excluding tert-OH is 1. The van der Waals surface area contributed by atoms with Crippen LogP contribution in [-0.4, -0.2) is 30.0 Å². The first-order valence-electron chi connectivity index (χ1n) is 8.20. The fourth-order valence-corrected chi connectivity index (χ4v) is 2.85. The summed E-state index contributed by atoms with van der Waals surface area (Å²) in [6, 6.07) is 3.31. The van der Waals surface area contributed by atoms with Gasteiger partial charge < -0.3 is 10.2 Å². The van der Waals surface area contributed by atoms with Crippen molar-refractivity contribution in [1.29, 1.82) is 0 Å². The smallest absolute Gasteiger partial charge is 0.416 e. The van der Waals surface area contributed by atoms with E-state index in [1.807, 2.05) is 0 Å². The maximum absolute atomic E-state index is 12.8. The number of hydrogen-bond donors (Lipinski definition) is 3. The molecular weight excluding hydrogens is 365 g/mol. The quantitative estimate of drug-likeness (QED) is 0.644. The maximum Gasteiger partial charge on any atom is 0.416 e. The topological polar surface area (TPSA) is 104 Å². The molecule has 0 unspecified atom stereocenters. The Hall–Kier alpha value is -2.88. The van der Waals surface area contributed by atoms with Crippen LogP contribution < -0.4 is 5.56 Å². The van der Waals surface area contributed by atoms with E-state index < -0.39 is 35.5 Å². The fraction of sp³-hybridized carbons (Fsp3) is 0.353. The van der Waals surface area contributed by atoms with Crippen LogP contribution in [0.2, 0.25) is 0 Å². The van der Waals surface area contributed by atoms with E-state index in [1.54, 1.807) is 13.8 Å². The average Bonchev–Trinajstić information content (AvgIpc) is 2.99. The van der Waals surface area contributed by atoms with Crippen molar-refractivity contribution in [3.05, 3.63) is 51.4 Å². The molecule has 144 valence electrons. The zero-order chi connectivity index (χ0) is 19.9. The Morgan fingerprint density at radius 2 is 1.89 bits per heavy atom. The molecule has 0 bridgehead atoms. The summed E-state index contributed by atoms with van der Waals surface area (Å²) in [4.78, 5) is 18.3. The lowest BCUT2D eigenvalue weighted by atomic mass is 10.1. The Morgan fingerprint density at radius 3 is 2.44 bits per heavy atom. The second kappa shape index (κ2) is 6.69. The number of rotatable bonds is 4. The molecule has 2 atom stereocenters. The van der Waals surface area contributed by atoms with Gasteiger partial charge in [0.2, 0.25) is 0 Å². The molecule has 2 aromatic heterocycles. The summed E-state index contributed by atoms with van der Waals surface area (Å²) in [7, 11) is 0. The van der Waals surface area contributed by atoms with E-state index in [-0.39, 0.29) is 16.7 Å². The number of hydrogen-bond acceptors (Lipinski definition) is 5. The maximum atomic E-state index is 12.8. The Morgan fingerprint density at radius 1 is 1.26 bits per heavy atom. The molecule has 3 rings (SSSR count). The molecular formula is C17H17F3N4O3. The molecule has 7 nitrogen and oxygen atoms in total. The number of nitrogens with one attached hydrogen (secondary N) is 1. The summed E-state index contributed by atoms with van der Waals surface area (Å²) in [5, 5.41) is 24.1. The van der Waals surface area contributed by atoms with E-state index in [0.717, 1.165) is 12.1 Å². The van der Waals surface area contributed by atoms with E-state index in [4.69, 9.17) is 0 Å². The molecule has 2 heterocycles. The van der Waals surface area contributed by atoms with Crippen molar-refractivity contribution in [2.75, 3.05) is 0 Å². The fourth-order valence-electron chi connectivity index (χ4n) is 2.85. The molecule has 0 radical (unpaired) electrons. The van der Waals surface area contributed by atoms with Crippen LogP contribution in [0.3, 0.4) is 0 Å². The summed E-state index contributed by atoms with van der Waals surface area (Å²) in [5.74, 6) is 0. The molecule has 1 aromatic carbocycles. The van der Waals surface area contributed by atoms with Crippen molar-refractivity contribution >= 4 is 11.0 Å². The minimum absolute atomic E-state index is 0.0286. The predicted molar refractivity (Wildman–Crippen MR) is 90.3 cm³/mol. The van der Waals surface area contributed by atoms with Gasteiger partial charge in [0.1, 0.15) is 11.1 Å². The standard InChI is InChI=1S/C17H17F3N4O3/c1-3-11(25)13-12-14(21-16(27)22-15(12)26)24(23-13)8(2)9-4-6-10(7-5-9)17(18,19)20/h4-8,11,25H,3H2,1-2H3,(H2,21,22,26,27)/t8-,11+/m1/s1. The summed E-state index contributed by atoms with van der Waals surface area (Å²) in [6.45, 7) is 3.37. The van der Waals surface area contributed by atoms with E-state index in [9.17, 15) is 28.2 Å². The number of aromatic hydroxyl groups is 1. The van der Waals surface area contributed by atoms with Crippen molar-refractivity contribution in [3.8, 4) is 6.01 Å². The van der Waals surface area contributed by atoms with Crippen molar-refractivity contribution in [3.63, 3.8) is 0 Å². The minimum Gasteiger partial charge on any atom is -0.480 e. The van der Waals surface area contributed by atoms with E-state index in [1.165, 1.54) is 16.8 Å². The van der Waals surface area contributed by atoms with Crippen molar-refractivity contribution in [2.24, 2.45) is 0 Å². The Balaban J connectivity index is 2.14. The van der Waals surface area contributed by atoms with Crippen LogP contribution in [0.15, 0.2) is 29.1 Å². The van der Waals surface area contributed by atoms with Crippen molar-refractivity contribution in [1.82, 2.24) is 19.7 Å². The summed E-state index contributed by atoms with van der Waals surface area (Å²) >= 11 is 0. The van der Waals surface area contributed by atoms with Gasteiger partial charge in [-0.2, -0.15) is 23.3 Å². The van der Waals surface area contributed by atoms with Crippen LogP contribution in [0.5, 0.6) is 6.01 Å². The molecule has 0 fully saturated rings. The van der Waals surface area contributed by atoms with E-state index in [0.29, 0.717) is 12.0 Å². The number of aromatic amines is 1. The first-order chi connectivity index (χ1) is 12.6. The first kappa shape index (κ1) is 18.9. The zero-order valence-electron chi connectivity index (χ0n) is 14.4. The largest absolute Gasteiger partial charge is 0.480 e. The zero-order valence-corrected chi connectivity index (χ0v) is 14.4. The third-order valence-corrected chi connectivity index (χ3v) is 4.37. The van der Waals surface area contributed by atoms with Gasteiger partial charge in [0.15, 0.2) is 5.65 Å². The Kier molecular flexibility index (Phi) is 4.68. The lowest BCUT2D eigenvalue weighted by molar-refractivity contribution is -0.137. The molecule has 10 heteroatoms. The van der Waals surface area contributed by atoms with Gasteiger partial charge in [0, 0.05) is 0 Å². The average molecular weight is 382 g/mol. The first-order valence-corrected chi connectivity index (χ1v) is 8.20. The molecule has 0 saturated carbocycles. The summed E-state index contributed by atoms with van der Waals surface area (Å²) in [6.07, 6.45) is -5.18. The molecule has 0 amide bonds. The SMILES string of the molecule is CC[C@H](O)c1nn([C@H](C)c2ccc(C(F)(F)F)cc2)c2nc(O)[nH]c(=O)c12. The molecule has 0 saturated heterocycles. The van der Waals surface area contributed by atoms with Gasteiger partial charge in [-0.15, -0.1) is 0 Å². The molecule has 27 heavy (non-hydrogen) atoms. The van der Waals surface area contributed by atoms with E-state index in [2.05, 4.69) is 15.1 Å². The van der Waals surface area contributed by atoms with Crippen LogP contribution in [0.1, 0.15) is 49.2 Å². The third-order valence-electron chi connectivity index (χ3n) is 4.37. The molecule has 0 aliphatic heterocycles. The van der Waals surface area contributed by atoms with Gasteiger partial charge in [0.05, 0.1) is 17.7 Å². The number of aliphatic hydroxyl groups is 1. The normalized spacial score (nSPS) is 14.4. The second-order valence-electron chi connectivity index (χ2n) is 6.14. The Bertz CT molecular complexity index is 1020. The highest BCUT2D eigenvalue weighted by molar-refractivity contribution is 5.78. The van der Waals surface area contributed by atoms with Crippen LogP contribution >= 0.6 is 0 Å². The molecule has 0 spiro atoms. The minimum atomic E-state index is -4.45. The highest BCUT2D eigenvalue weighted by atomic mass is 19.4. The van der Waals surface area contributed by atoms with Gasteiger partial charge in [-0.1, -0.05) is 19.1 Å². The number of H-pyrrole nitrogens is 1. The van der Waals surface area contributed by atoms with Crippen LogP contribution in [0.25, 0.3) is 11.0 Å². The number of alkyl halides is 3. The lowest BCUT2D eigenvalue weighted by Crippen LogP contribution is -2.12. The lowest BCUT2D eigenvalue weighted by Gasteiger charge is -2.15. The molecule has 3 aromatic rings.